The molecule has 3 aliphatic rings. The predicted molar refractivity (Wildman–Crippen MR) is 175 cm³/mol. The van der Waals surface area contributed by atoms with Crippen LogP contribution < -0.4 is 15.2 Å². The number of aromatic nitrogens is 7. The Labute approximate surface area is 266 Å². The van der Waals surface area contributed by atoms with Gasteiger partial charge in [0.2, 0.25) is 12.1 Å². The van der Waals surface area contributed by atoms with Crippen LogP contribution in [0.15, 0.2) is 41.7 Å². The number of hydrogen-bond acceptors (Lipinski definition) is 7. The molecule has 236 valence electrons. The normalized spacial score (nSPS) is 19.3. The molecule has 0 unspecified atom stereocenters. The zero-order valence-electron chi connectivity index (χ0n) is 26.9. The molecule has 0 bridgehead atoms. The lowest BCUT2D eigenvalue weighted by molar-refractivity contribution is -0.724. The zero-order valence-corrected chi connectivity index (χ0v) is 26.9. The summed E-state index contributed by atoms with van der Waals surface area (Å²) in [5.41, 5.74) is 14.8. The fourth-order valence-electron chi connectivity index (χ4n) is 6.67. The van der Waals surface area contributed by atoms with Crippen molar-refractivity contribution in [3.8, 4) is 28.5 Å². The number of fused-ring (bicyclic) bond motifs is 1. The number of aromatic amines is 1. The van der Waals surface area contributed by atoms with Gasteiger partial charge in [0.15, 0.2) is 12.7 Å². The number of nitrogen functional groups attached to an aromatic ring is 1. The maximum absolute atomic E-state index is 12.5. The summed E-state index contributed by atoms with van der Waals surface area (Å²) in [5, 5.41) is 9.00. The summed E-state index contributed by atoms with van der Waals surface area (Å²) in [4.78, 5) is 29.4. The summed E-state index contributed by atoms with van der Waals surface area (Å²) < 4.78 is 11.6. The third-order valence-corrected chi connectivity index (χ3v) is 9.46. The number of carbonyl (C=O) groups excluding carboxylic acids is 1. The lowest BCUT2D eigenvalue weighted by Gasteiger charge is -2.10. The number of benzene rings is 1. The van der Waals surface area contributed by atoms with Crippen molar-refractivity contribution in [3.05, 3.63) is 53.6 Å². The van der Waals surface area contributed by atoms with Crippen molar-refractivity contribution in [3.63, 3.8) is 0 Å². The highest BCUT2D eigenvalue weighted by Crippen LogP contribution is 2.49. The van der Waals surface area contributed by atoms with E-state index < -0.39 is 0 Å². The molecule has 1 amide bonds. The highest BCUT2D eigenvalue weighted by Gasteiger charge is 2.46. The van der Waals surface area contributed by atoms with Crippen LogP contribution in [-0.2, 0) is 18.9 Å². The number of rotatable bonds is 9. The van der Waals surface area contributed by atoms with Crippen LogP contribution in [0.5, 0.6) is 5.88 Å². The molecule has 1 aromatic carbocycles. The molecule has 0 saturated heterocycles. The van der Waals surface area contributed by atoms with Crippen LogP contribution in [-0.4, -0.2) is 67.6 Å². The van der Waals surface area contributed by atoms with E-state index in [4.69, 9.17) is 25.4 Å². The second-order valence-electron chi connectivity index (χ2n) is 13.2. The van der Waals surface area contributed by atoms with Gasteiger partial charge in [0, 0.05) is 67.3 Å². The lowest BCUT2D eigenvalue weighted by Crippen LogP contribution is -2.28. The van der Waals surface area contributed by atoms with E-state index in [0.717, 1.165) is 77.0 Å². The van der Waals surface area contributed by atoms with Gasteiger partial charge in [-0.05, 0) is 44.2 Å². The highest BCUT2D eigenvalue weighted by atomic mass is 16.5. The number of pyridine rings is 1. The molecule has 3 aliphatic carbocycles. The van der Waals surface area contributed by atoms with Crippen molar-refractivity contribution < 1.29 is 14.2 Å². The Kier molecular flexibility index (Phi) is 6.52. The Morgan fingerprint density at radius 3 is 2.67 bits per heavy atom. The van der Waals surface area contributed by atoms with Crippen molar-refractivity contribution in [2.75, 3.05) is 26.9 Å². The summed E-state index contributed by atoms with van der Waals surface area (Å²) in [6, 6.07) is 8.18. The van der Waals surface area contributed by atoms with E-state index in [1.54, 1.807) is 37.0 Å². The third-order valence-electron chi connectivity index (χ3n) is 9.46. The van der Waals surface area contributed by atoms with Gasteiger partial charge in [-0.2, -0.15) is 0 Å². The van der Waals surface area contributed by atoms with E-state index in [0.29, 0.717) is 29.1 Å². The molecule has 0 aliphatic heterocycles. The molecule has 5 aromatic rings. The summed E-state index contributed by atoms with van der Waals surface area (Å²) >= 11 is 0. The summed E-state index contributed by atoms with van der Waals surface area (Å²) in [5.74, 6) is 2.25. The molecule has 0 radical (unpaired) electrons. The Morgan fingerprint density at radius 1 is 1.17 bits per heavy atom. The highest BCUT2D eigenvalue weighted by molar-refractivity contribution is 5.97. The largest absolute Gasteiger partial charge is 0.478 e. The van der Waals surface area contributed by atoms with Gasteiger partial charge in [-0.25, -0.2) is 15.0 Å². The molecule has 2 atom stereocenters. The molecule has 3 fully saturated rings. The molecule has 12 nitrogen and oxygen atoms in total. The number of nitrogens with one attached hydrogen (secondary N) is 1. The van der Waals surface area contributed by atoms with E-state index in [-0.39, 0.29) is 17.9 Å². The quantitative estimate of drug-likeness (QED) is 0.143. The first-order valence-corrected chi connectivity index (χ1v) is 15.9. The number of hydrogen-bond donors (Lipinski definition) is 2. The van der Waals surface area contributed by atoms with Crippen LogP contribution in [0.4, 0.5) is 11.4 Å². The van der Waals surface area contributed by atoms with Crippen molar-refractivity contribution >= 4 is 34.5 Å². The Hall–Kier alpha value is -5.00. The van der Waals surface area contributed by atoms with Gasteiger partial charge in [0.05, 0.1) is 42.0 Å². The molecule has 8 rings (SSSR count). The number of H-pyrrole nitrogens is 1. The fraction of sp³-hybridized carbons (Fsp3) is 0.412. The average Bonchev–Trinajstić information content (AvgIpc) is 3.96. The van der Waals surface area contributed by atoms with Gasteiger partial charge in [-0.3, -0.25) is 9.48 Å². The Balaban J connectivity index is 1.20. The average molecular weight is 620 g/mol. The maximum Gasteiger partial charge on any atom is 0.258 e. The predicted octanol–water partition coefficient (Wildman–Crippen LogP) is 4.40. The number of nitrogens with two attached hydrogens (primary N) is 1. The van der Waals surface area contributed by atoms with Gasteiger partial charge in [-0.1, -0.05) is 12.1 Å². The molecular formula is C34H39N10O2+. The maximum atomic E-state index is 12.5. The number of anilines is 1. The van der Waals surface area contributed by atoms with Crippen LogP contribution in [0, 0.1) is 5.92 Å². The second kappa shape index (κ2) is 10.5. The first-order chi connectivity index (χ1) is 22.2. The Bertz CT molecular complexity index is 2040. The molecular weight excluding hydrogens is 580 g/mol. The van der Waals surface area contributed by atoms with Crippen molar-refractivity contribution in [1.29, 1.82) is 0 Å². The van der Waals surface area contributed by atoms with Crippen molar-refractivity contribution in [1.82, 2.24) is 34.3 Å². The smallest absolute Gasteiger partial charge is 0.258 e. The van der Waals surface area contributed by atoms with Crippen LogP contribution >= 0.6 is 0 Å². The number of aliphatic imine (C=N–C) groups is 1. The number of aryl methyl sites for hydroxylation is 1. The second-order valence-corrected chi connectivity index (χ2v) is 13.2. The number of methoxy groups -OCH3 is 1. The number of carbonyl (C=O) groups is 1. The van der Waals surface area contributed by atoms with E-state index in [2.05, 4.69) is 40.1 Å². The van der Waals surface area contributed by atoms with Crippen LogP contribution in [0.2, 0.25) is 0 Å². The van der Waals surface area contributed by atoms with Gasteiger partial charge in [-0.15, -0.1) is 14.9 Å². The van der Waals surface area contributed by atoms with Crippen LogP contribution in [0.3, 0.4) is 0 Å². The molecule has 3 N–H and O–H groups in total. The summed E-state index contributed by atoms with van der Waals surface area (Å²) in [7, 11) is 9.25. The van der Waals surface area contributed by atoms with E-state index in [1.165, 1.54) is 5.69 Å². The zero-order chi connectivity index (χ0) is 31.9. The standard InChI is InChI=1S/C34H38N10O2/c1-41(2)34(45)22-14-27(22)44-17-26(33(40-44)46-5)36-15-24-21(7-6-8-25(24)35)29-30(19-11-12-19)43(4)32(38-29)23-13-20-16-42(3)39-31(20)37-28(23)18-9-10-18/h6-8,13,15-19,22,27H,9-12,14H2,1-5H3,(H2,35,36)/p+1/t22-,27-/m1/s1. The van der Waals surface area contributed by atoms with Gasteiger partial charge >= 0.3 is 0 Å². The monoisotopic (exact) mass is 619 g/mol. The number of ether oxygens (including phenoxy) is 1. The van der Waals surface area contributed by atoms with Gasteiger partial charge in [0.1, 0.15) is 11.5 Å². The summed E-state index contributed by atoms with van der Waals surface area (Å²) in [6.45, 7) is 0. The Morgan fingerprint density at radius 2 is 1.96 bits per heavy atom. The van der Waals surface area contributed by atoms with Crippen molar-refractivity contribution in [2.45, 2.75) is 50.0 Å². The van der Waals surface area contributed by atoms with E-state index >= 15 is 0 Å². The summed E-state index contributed by atoms with van der Waals surface area (Å²) in [6.07, 6.45) is 11.0. The molecule has 3 saturated carbocycles. The topological polar surface area (TPSA) is 136 Å². The van der Waals surface area contributed by atoms with Crippen LogP contribution in [0.25, 0.3) is 33.7 Å². The molecule has 12 heteroatoms. The fourth-order valence-corrected chi connectivity index (χ4v) is 6.67. The third kappa shape index (κ3) is 4.83. The van der Waals surface area contributed by atoms with Gasteiger partial charge < -0.3 is 19.9 Å². The minimum atomic E-state index is -0.0802. The number of imidazole rings is 1. The number of nitrogens with zero attached hydrogens (tertiary/aromatic N) is 8. The molecule has 4 aromatic heterocycles. The number of amides is 1. The molecule has 4 heterocycles. The first kappa shape index (κ1) is 28.5. The van der Waals surface area contributed by atoms with E-state index in [1.807, 2.05) is 30.1 Å². The first-order valence-electron chi connectivity index (χ1n) is 15.9. The molecule has 0 spiro atoms. The SMILES string of the molecule is COc1nn([C@@H]2C[C@H]2C(=O)N(C)C)cc1N=Cc1c(N)cccc1-c1nc(-c2cc3c[n+](C)[nH]c3nc2C2CC2)n(C)c1C1CC1. The molecule has 46 heavy (non-hydrogen) atoms. The minimum Gasteiger partial charge on any atom is -0.478 e. The van der Waals surface area contributed by atoms with E-state index in [9.17, 15) is 4.79 Å². The lowest BCUT2D eigenvalue weighted by atomic mass is 10.0. The minimum absolute atomic E-state index is 0.00108. The van der Waals surface area contributed by atoms with Crippen molar-refractivity contribution in [2.24, 2.45) is 25.0 Å². The van der Waals surface area contributed by atoms with Gasteiger partial charge in [0.25, 0.3) is 5.88 Å². The van der Waals surface area contributed by atoms with Crippen LogP contribution in [0.1, 0.15) is 66.9 Å².